The molecule has 1 aliphatic heterocycles. The van der Waals surface area contributed by atoms with Gasteiger partial charge in [0, 0.05) is 32.2 Å². The molecule has 1 aliphatic rings. The van der Waals surface area contributed by atoms with Crippen LogP contribution in [0, 0.1) is 5.82 Å². The minimum Gasteiger partial charge on any atom is -0.505 e. The van der Waals surface area contributed by atoms with Crippen molar-refractivity contribution in [2.24, 2.45) is 0 Å². The molecule has 1 aromatic rings. The molecule has 0 unspecified atom stereocenters. The van der Waals surface area contributed by atoms with E-state index < -0.39 is 5.82 Å². The lowest BCUT2D eigenvalue weighted by molar-refractivity contribution is 0.169. The molecular weight excluding hydrogens is 255 g/mol. The second-order valence-corrected chi connectivity index (χ2v) is 4.42. The SMILES string of the molecule is CC[C@@H](c1ccc(O)c(F)c1)N1CCNCC1.Cl. The van der Waals surface area contributed by atoms with Gasteiger partial charge in [0.05, 0.1) is 0 Å². The number of aromatic hydroxyl groups is 1. The van der Waals surface area contributed by atoms with E-state index in [0.717, 1.165) is 38.2 Å². The highest BCUT2D eigenvalue weighted by atomic mass is 35.5. The van der Waals surface area contributed by atoms with Gasteiger partial charge in [-0.2, -0.15) is 0 Å². The zero-order valence-electron chi connectivity index (χ0n) is 10.5. The molecule has 1 atom stereocenters. The Morgan fingerprint density at radius 1 is 1.39 bits per heavy atom. The second kappa shape index (κ2) is 6.92. The highest BCUT2D eigenvalue weighted by Gasteiger charge is 2.21. The molecule has 0 radical (unpaired) electrons. The Bertz CT molecular complexity index is 383. The summed E-state index contributed by atoms with van der Waals surface area (Å²) in [6.45, 7) is 6.05. The van der Waals surface area contributed by atoms with Crippen molar-refractivity contribution in [2.45, 2.75) is 19.4 Å². The Labute approximate surface area is 113 Å². The minimum absolute atomic E-state index is 0. The average molecular weight is 275 g/mol. The number of hydrogen-bond acceptors (Lipinski definition) is 3. The first-order valence-corrected chi connectivity index (χ1v) is 6.15. The molecule has 2 N–H and O–H groups in total. The van der Waals surface area contributed by atoms with E-state index in [1.807, 2.05) is 6.07 Å². The molecule has 18 heavy (non-hydrogen) atoms. The summed E-state index contributed by atoms with van der Waals surface area (Å²) in [6, 6.07) is 4.95. The number of nitrogens with zero attached hydrogens (tertiary/aromatic N) is 1. The van der Waals surface area contributed by atoms with Crippen molar-refractivity contribution in [3.8, 4) is 5.75 Å². The second-order valence-electron chi connectivity index (χ2n) is 4.42. The summed E-state index contributed by atoms with van der Waals surface area (Å²) in [7, 11) is 0. The summed E-state index contributed by atoms with van der Waals surface area (Å²) in [5, 5.41) is 12.5. The first-order chi connectivity index (χ1) is 8.22. The van der Waals surface area contributed by atoms with Crippen LogP contribution in [0.2, 0.25) is 0 Å². The van der Waals surface area contributed by atoms with Crippen LogP contribution in [-0.2, 0) is 0 Å². The molecule has 2 rings (SSSR count). The average Bonchev–Trinajstić information content (AvgIpc) is 2.36. The zero-order valence-corrected chi connectivity index (χ0v) is 11.3. The third kappa shape index (κ3) is 3.34. The van der Waals surface area contributed by atoms with Crippen molar-refractivity contribution < 1.29 is 9.50 Å². The third-order valence-electron chi connectivity index (χ3n) is 3.34. The van der Waals surface area contributed by atoms with Gasteiger partial charge >= 0.3 is 0 Å². The highest BCUT2D eigenvalue weighted by molar-refractivity contribution is 5.85. The Morgan fingerprint density at radius 3 is 2.61 bits per heavy atom. The lowest BCUT2D eigenvalue weighted by atomic mass is 10.0. The van der Waals surface area contributed by atoms with Gasteiger partial charge in [-0.15, -0.1) is 12.4 Å². The van der Waals surface area contributed by atoms with Crippen LogP contribution in [0.25, 0.3) is 0 Å². The Balaban J connectivity index is 0.00000162. The molecular formula is C13H20ClFN2O. The standard InChI is InChI=1S/C13H19FN2O.ClH/c1-2-12(16-7-5-15-6-8-16)10-3-4-13(17)11(14)9-10;/h3-4,9,12,15,17H,2,5-8H2,1H3;1H/t12-;/m0./s1. The van der Waals surface area contributed by atoms with Crippen LogP contribution in [0.3, 0.4) is 0 Å². The highest BCUT2D eigenvalue weighted by Crippen LogP contribution is 2.27. The summed E-state index contributed by atoms with van der Waals surface area (Å²) in [6.07, 6.45) is 0.949. The molecule has 0 amide bonds. The Kier molecular flexibility index (Phi) is 5.85. The Hall–Kier alpha value is -0.840. The van der Waals surface area contributed by atoms with Crippen molar-refractivity contribution in [3.63, 3.8) is 0 Å². The molecule has 0 aliphatic carbocycles. The number of phenols is 1. The van der Waals surface area contributed by atoms with Gasteiger partial charge in [-0.3, -0.25) is 4.90 Å². The first-order valence-electron chi connectivity index (χ1n) is 6.15. The van der Waals surface area contributed by atoms with E-state index in [0.29, 0.717) is 0 Å². The summed E-state index contributed by atoms with van der Waals surface area (Å²) in [5.74, 6) is -0.806. The monoisotopic (exact) mass is 274 g/mol. The number of benzene rings is 1. The van der Waals surface area contributed by atoms with Gasteiger partial charge in [0.1, 0.15) is 0 Å². The van der Waals surface area contributed by atoms with Gasteiger partial charge in [-0.05, 0) is 24.1 Å². The predicted molar refractivity (Wildman–Crippen MR) is 72.8 cm³/mol. The van der Waals surface area contributed by atoms with Crippen molar-refractivity contribution in [1.29, 1.82) is 0 Å². The fourth-order valence-electron chi connectivity index (χ4n) is 2.43. The molecule has 1 fully saturated rings. The molecule has 0 aromatic heterocycles. The zero-order chi connectivity index (χ0) is 12.3. The van der Waals surface area contributed by atoms with E-state index in [9.17, 15) is 9.50 Å². The minimum atomic E-state index is -0.531. The van der Waals surface area contributed by atoms with Gasteiger partial charge in [0.25, 0.3) is 0 Å². The maximum absolute atomic E-state index is 13.4. The van der Waals surface area contributed by atoms with Crippen LogP contribution in [0.15, 0.2) is 18.2 Å². The normalized spacial score (nSPS) is 18.1. The van der Waals surface area contributed by atoms with Crippen LogP contribution in [0.1, 0.15) is 24.9 Å². The van der Waals surface area contributed by atoms with Crippen LogP contribution in [0.4, 0.5) is 4.39 Å². The lowest BCUT2D eigenvalue weighted by Crippen LogP contribution is -2.45. The van der Waals surface area contributed by atoms with Crippen molar-refractivity contribution in [2.75, 3.05) is 26.2 Å². The summed E-state index contributed by atoms with van der Waals surface area (Å²) < 4.78 is 13.4. The smallest absolute Gasteiger partial charge is 0.165 e. The molecule has 0 spiro atoms. The van der Waals surface area contributed by atoms with Gasteiger partial charge < -0.3 is 10.4 Å². The van der Waals surface area contributed by atoms with Crippen molar-refractivity contribution in [1.82, 2.24) is 10.2 Å². The number of halogens is 2. The van der Waals surface area contributed by atoms with Gasteiger partial charge in [-0.25, -0.2) is 4.39 Å². The van der Waals surface area contributed by atoms with E-state index in [4.69, 9.17) is 0 Å². The van der Waals surface area contributed by atoms with Crippen LogP contribution >= 0.6 is 12.4 Å². The van der Waals surface area contributed by atoms with E-state index in [1.54, 1.807) is 0 Å². The molecule has 3 nitrogen and oxygen atoms in total. The number of nitrogens with one attached hydrogen (secondary N) is 1. The number of piperazine rings is 1. The fourth-order valence-corrected chi connectivity index (χ4v) is 2.43. The molecule has 1 aromatic carbocycles. The number of phenolic OH excluding ortho intramolecular Hbond substituents is 1. The fraction of sp³-hybridized carbons (Fsp3) is 0.538. The predicted octanol–water partition coefficient (Wildman–Crippen LogP) is 2.31. The van der Waals surface area contributed by atoms with Crippen molar-refractivity contribution >= 4 is 12.4 Å². The van der Waals surface area contributed by atoms with Crippen molar-refractivity contribution in [3.05, 3.63) is 29.6 Å². The van der Waals surface area contributed by atoms with Crippen LogP contribution in [-0.4, -0.2) is 36.2 Å². The van der Waals surface area contributed by atoms with E-state index >= 15 is 0 Å². The number of rotatable bonds is 3. The first kappa shape index (κ1) is 15.2. The Morgan fingerprint density at radius 2 is 2.06 bits per heavy atom. The largest absolute Gasteiger partial charge is 0.505 e. The molecule has 0 saturated carbocycles. The maximum atomic E-state index is 13.4. The molecule has 102 valence electrons. The van der Waals surface area contributed by atoms with Crippen LogP contribution < -0.4 is 5.32 Å². The number of hydrogen-bond donors (Lipinski definition) is 2. The summed E-state index contributed by atoms with van der Waals surface area (Å²) >= 11 is 0. The quantitative estimate of drug-likeness (QED) is 0.888. The molecule has 5 heteroatoms. The topological polar surface area (TPSA) is 35.5 Å². The molecule has 1 heterocycles. The maximum Gasteiger partial charge on any atom is 0.165 e. The molecule has 0 bridgehead atoms. The summed E-state index contributed by atoms with van der Waals surface area (Å²) in [4.78, 5) is 2.36. The third-order valence-corrected chi connectivity index (χ3v) is 3.34. The van der Waals surface area contributed by atoms with E-state index in [-0.39, 0.29) is 24.2 Å². The van der Waals surface area contributed by atoms with Gasteiger partial charge in [0.2, 0.25) is 0 Å². The van der Waals surface area contributed by atoms with E-state index in [1.165, 1.54) is 12.1 Å². The lowest BCUT2D eigenvalue weighted by Gasteiger charge is -2.34. The summed E-state index contributed by atoms with van der Waals surface area (Å²) in [5.41, 5.74) is 0.949. The molecule has 1 saturated heterocycles. The van der Waals surface area contributed by atoms with Crippen LogP contribution in [0.5, 0.6) is 5.75 Å². The van der Waals surface area contributed by atoms with Gasteiger partial charge in [-0.1, -0.05) is 13.0 Å². The van der Waals surface area contributed by atoms with E-state index in [2.05, 4.69) is 17.1 Å². The van der Waals surface area contributed by atoms with Gasteiger partial charge in [0.15, 0.2) is 11.6 Å².